The van der Waals surface area contributed by atoms with E-state index in [1.54, 1.807) is 23.5 Å². The molecule has 0 unspecified atom stereocenters. The maximum absolute atomic E-state index is 13.0. The highest BCUT2D eigenvalue weighted by molar-refractivity contribution is 7.09. The fraction of sp³-hybridized carbons (Fsp3) is 0.217. The second-order valence-corrected chi connectivity index (χ2v) is 7.70. The van der Waals surface area contributed by atoms with Gasteiger partial charge >= 0.3 is 5.97 Å². The highest BCUT2D eigenvalue weighted by Gasteiger charge is 2.25. The smallest absolute Gasteiger partial charge is 0.307 e. The van der Waals surface area contributed by atoms with Crippen LogP contribution in [0, 0.1) is 13.8 Å². The van der Waals surface area contributed by atoms with Crippen molar-refractivity contribution in [1.82, 2.24) is 0 Å². The highest BCUT2D eigenvalue weighted by atomic mass is 32.1. The molecule has 3 aromatic rings. The highest BCUT2D eigenvalue weighted by Crippen LogP contribution is 2.23. The Balaban J connectivity index is 1.74. The summed E-state index contributed by atoms with van der Waals surface area (Å²) in [6.45, 7) is 3.90. The van der Waals surface area contributed by atoms with Crippen molar-refractivity contribution in [3.8, 4) is 0 Å². The number of aryl methyl sites for hydroxylation is 3. The van der Waals surface area contributed by atoms with Gasteiger partial charge in [0.25, 0.3) is 5.91 Å². The predicted molar refractivity (Wildman–Crippen MR) is 112 cm³/mol. The van der Waals surface area contributed by atoms with E-state index in [0.717, 1.165) is 21.7 Å². The van der Waals surface area contributed by atoms with Gasteiger partial charge in [0.15, 0.2) is 0 Å². The standard InChI is InChI=1S/C23H23NO3S/c1-16-10-11-17(2)20(15-16)24-23(26)22(18-7-4-3-5-8-18)27-21(25)13-12-19-9-6-14-28-19/h3-11,14-15,22H,12-13H2,1-2H3,(H,24,26)/t22-/m1/s1. The lowest BCUT2D eigenvalue weighted by Crippen LogP contribution is -2.26. The molecule has 0 fully saturated rings. The lowest BCUT2D eigenvalue weighted by Gasteiger charge is -2.19. The van der Waals surface area contributed by atoms with E-state index < -0.39 is 12.1 Å². The zero-order valence-electron chi connectivity index (χ0n) is 16.0. The average molecular weight is 394 g/mol. The minimum Gasteiger partial charge on any atom is -0.447 e. The Hall–Kier alpha value is -2.92. The van der Waals surface area contributed by atoms with Crippen LogP contribution in [0.2, 0.25) is 0 Å². The van der Waals surface area contributed by atoms with Crippen molar-refractivity contribution in [3.63, 3.8) is 0 Å². The SMILES string of the molecule is Cc1ccc(C)c(NC(=O)[C@H](OC(=O)CCc2cccs2)c2ccccc2)c1. The second kappa shape index (κ2) is 9.33. The number of esters is 1. The number of amides is 1. The Labute approximate surface area is 169 Å². The summed E-state index contributed by atoms with van der Waals surface area (Å²) in [4.78, 5) is 26.5. The van der Waals surface area contributed by atoms with E-state index in [1.165, 1.54) is 0 Å². The van der Waals surface area contributed by atoms with Gasteiger partial charge in [-0.3, -0.25) is 9.59 Å². The van der Waals surface area contributed by atoms with E-state index in [4.69, 9.17) is 4.74 Å². The molecule has 3 rings (SSSR count). The number of carbonyl (C=O) groups is 2. The molecule has 0 aliphatic carbocycles. The van der Waals surface area contributed by atoms with Gasteiger partial charge in [-0.2, -0.15) is 0 Å². The molecule has 0 saturated carbocycles. The van der Waals surface area contributed by atoms with E-state index in [9.17, 15) is 9.59 Å². The zero-order chi connectivity index (χ0) is 19.9. The number of carbonyl (C=O) groups excluding carboxylic acids is 2. The monoisotopic (exact) mass is 393 g/mol. The summed E-state index contributed by atoms with van der Waals surface area (Å²) >= 11 is 1.60. The van der Waals surface area contributed by atoms with Crippen LogP contribution in [0.15, 0.2) is 66.0 Å². The van der Waals surface area contributed by atoms with Crippen LogP contribution < -0.4 is 5.32 Å². The van der Waals surface area contributed by atoms with Crippen molar-refractivity contribution >= 4 is 28.9 Å². The summed E-state index contributed by atoms with van der Waals surface area (Å²) in [5.74, 6) is -0.747. The molecule has 0 bridgehead atoms. The van der Waals surface area contributed by atoms with Gasteiger partial charge in [0, 0.05) is 16.1 Å². The van der Waals surface area contributed by atoms with Crippen molar-refractivity contribution in [2.75, 3.05) is 5.32 Å². The molecule has 1 heterocycles. The molecule has 2 aromatic carbocycles. The third-order valence-corrected chi connectivity index (χ3v) is 5.33. The maximum Gasteiger partial charge on any atom is 0.307 e. The first-order chi connectivity index (χ1) is 13.5. The van der Waals surface area contributed by atoms with Crippen molar-refractivity contribution in [2.24, 2.45) is 0 Å². The Morgan fingerprint density at radius 1 is 1.04 bits per heavy atom. The van der Waals surface area contributed by atoms with Gasteiger partial charge in [0.05, 0.1) is 6.42 Å². The third kappa shape index (κ3) is 5.30. The summed E-state index contributed by atoms with van der Waals surface area (Å²) in [6.07, 6.45) is -0.144. The Bertz CT molecular complexity index is 936. The van der Waals surface area contributed by atoms with E-state index in [0.29, 0.717) is 12.0 Å². The minimum atomic E-state index is -0.989. The van der Waals surface area contributed by atoms with Crippen LogP contribution in [0.25, 0.3) is 0 Å². The fourth-order valence-corrected chi connectivity index (χ4v) is 3.55. The molecule has 1 N–H and O–H groups in total. The predicted octanol–water partition coefficient (Wildman–Crippen LogP) is 5.22. The van der Waals surface area contributed by atoms with E-state index in [-0.39, 0.29) is 12.3 Å². The van der Waals surface area contributed by atoms with Gasteiger partial charge < -0.3 is 10.1 Å². The number of anilines is 1. The molecule has 4 nitrogen and oxygen atoms in total. The molecule has 0 spiro atoms. The van der Waals surface area contributed by atoms with Crippen LogP contribution in [0.4, 0.5) is 5.69 Å². The van der Waals surface area contributed by atoms with Gasteiger partial charge in [0.1, 0.15) is 0 Å². The van der Waals surface area contributed by atoms with Gasteiger partial charge in [-0.15, -0.1) is 11.3 Å². The quantitative estimate of drug-likeness (QED) is 0.560. The van der Waals surface area contributed by atoms with E-state index in [1.807, 2.05) is 67.8 Å². The van der Waals surface area contributed by atoms with Crippen LogP contribution in [-0.2, 0) is 20.7 Å². The first-order valence-electron chi connectivity index (χ1n) is 9.18. The van der Waals surface area contributed by atoms with E-state index >= 15 is 0 Å². The van der Waals surface area contributed by atoms with Crippen molar-refractivity contribution in [2.45, 2.75) is 32.8 Å². The number of nitrogens with one attached hydrogen (secondary N) is 1. The molecule has 1 atom stereocenters. The first kappa shape index (κ1) is 19.8. The summed E-state index contributed by atoms with van der Waals surface area (Å²) < 4.78 is 5.59. The van der Waals surface area contributed by atoms with Gasteiger partial charge in [-0.1, -0.05) is 48.5 Å². The van der Waals surface area contributed by atoms with Crippen molar-refractivity contribution < 1.29 is 14.3 Å². The average Bonchev–Trinajstić information content (AvgIpc) is 3.21. The van der Waals surface area contributed by atoms with Crippen LogP contribution in [0.1, 0.15) is 34.1 Å². The largest absolute Gasteiger partial charge is 0.447 e. The number of ether oxygens (including phenoxy) is 1. The van der Waals surface area contributed by atoms with Crippen LogP contribution >= 0.6 is 11.3 Å². The van der Waals surface area contributed by atoms with E-state index in [2.05, 4.69) is 5.32 Å². The molecule has 5 heteroatoms. The summed E-state index contributed by atoms with van der Waals surface area (Å²) in [6, 6.07) is 18.9. The molecule has 1 aromatic heterocycles. The van der Waals surface area contributed by atoms with Crippen molar-refractivity contribution in [3.05, 3.63) is 87.6 Å². The Morgan fingerprint density at radius 3 is 2.54 bits per heavy atom. The number of rotatable bonds is 7. The number of benzene rings is 2. The van der Waals surface area contributed by atoms with Crippen LogP contribution in [0.5, 0.6) is 0 Å². The Kier molecular flexibility index (Phi) is 6.61. The van der Waals surface area contributed by atoms with Gasteiger partial charge in [-0.05, 0) is 48.9 Å². The van der Waals surface area contributed by atoms with Gasteiger partial charge in [0.2, 0.25) is 6.10 Å². The molecule has 0 aliphatic heterocycles. The van der Waals surface area contributed by atoms with Crippen LogP contribution in [0.3, 0.4) is 0 Å². The molecule has 0 aliphatic rings. The lowest BCUT2D eigenvalue weighted by atomic mass is 10.1. The fourth-order valence-electron chi connectivity index (χ4n) is 2.84. The Morgan fingerprint density at radius 2 is 1.82 bits per heavy atom. The lowest BCUT2D eigenvalue weighted by molar-refractivity contribution is -0.154. The molecule has 28 heavy (non-hydrogen) atoms. The molecular weight excluding hydrogens is 370 g/mol. The first-order valence-corrected chi connectivity index (χ1v) is 10.1. The van der Waals surface area contributed by atoms with Crippen LogP contribution in [-0.4, -0.2) is 11.9 Å². The zero-order valence-corrected chi connectivity index (χ0v) is 16.8. The summed E-state index contributed by atoms with van der Waals surface area (Å²) in [5.41, 5.74) is 3.37. The van der Waals surface area contributed by atoms with Gasteiger partial charge in [-0.25, -0.2) is 0 Å². The van der Waals surface area contributed by atoms with Crippen molar-refractivity contribution in [1.29, 1.82) is 0 Å². The molecule has 0 saturated heterocycles. The normalized spacial score (nSPS) is 11.6. The molecule has 144 valence electrons. The maximum atomic E-state index is 13.0. The topological polar surface area (TPSA) is 55.4 Å². The second-order valence-electron chi connectivity index (χ2n) is 6.67. The molecular formula is C23H23NO3S. The number of hydrogen-bond donors (Lipinski definition) is 1. The number of thiophene rings is 1. The molecule has 0 radical (unpaired) electrons. The molecule has 1 amide bonds. The summed E-state index contributed by atoms with van der Waals surface area (Å²) in [7, 11) is 0. The number of hydrogen-bond acceptors (Lipinski definition) is 4. The third-order valence-electron chi connectivity index (χ3n) is 4.40. The summed E-state index contributed by atoms with van der Waals surface area (Å²) in [5, 5.41) is 4.89. The minimum absolute atomic E-state index is 0.237.